The Morgan fingerprint density at radius 1 is 0.548 bits per heavy atom. The molecule has 0 spiro atoms. The Balaban J connectivity index is 0.795. The fourth-order valence-corrected chi connectivity index (χ4v) is 9.62. The topological polar surface area (TPSA) is 200 Å². The zero-order valence-corrected chi connectivity index (χ0v) is 35.0. The van der Waals surface area contributed by atoms with E-state index >= 15 is 0 Å². The number of benzene rings is 4. The number of pyridine rings is 2. The van der Waals surface area contributed by atoms with E-state index in [4.69, 9.17) is 0 Å². The maximum atomic E-state index is 13.1. The number of para-hydroxylation sites is 4. The minimum atomic E-state index is -0.656. The predicted molar refractivity (Wildman–Crippen MR) is 240 cm³/mol. The lowest BCUT2D eigenvalue weighted by atomic mass is 10.1. The van der Waals surface area contributed by atoms with Crippen LogP contribution in [0.1, 0.15) is 80.0 Å². The van der Waals surface area contributed by atoms with Crippen molar-refractivity contribution in [2.45, 2.75) is 60.4 Å². The highest BCUT2D eigenvalue weighted by molar-refractivity contribution is 8.76. The number of unbranched alkanes of at least 4 members (excludes halogenated alkanes) is 2. The summed E-state index contributed by atoms with van der Waals surface area (Å²) in [4.78, 5) is 87.8. The molecule has 6 amide bonds. The van der Waals surface area contributed by atoms with Crippen LogP contribution in [0.15, 0.2) is 119 Å². The molecule has 4 aromatic carbocycles. The van der Waals surface area contributed by atoms with Crippen LogP contribution in [-0.4, -0.2) is 70.6 Å². The molecule has 0 saturated carbocycles. The van der Waals surface area contributed by atoms with Crippen molar-refractivity contribution >= 4 is 90.2 Å². The number of anilines is 2. The maximum absolute atomic E-state index is 13.1. The number of carbonyl (C=O) groups excluding carboxylic acids is 6. The van der Waals surface area contributed by atoms with Crippen molar-refractivity contribution in [2.75, 3.05) is 23.7 Å². The van der Waals surface area contributed by atoms with Crippen LogP contribution in [0.3, 0.4) is 0 Å². The third kappa shape index (κ3) is 9.72. The first-order valence-electron chi connectivity index (χ1n) is 20.3. The number of fused-ring (bicyclic) bond motifs is 4. The number of rotatable bonds is 15. The molecule has 0 radical (unpaired) electrons. The fraction of sp³-hybridized carbons (Fsp3) is 0.217. The Morgan fingerprint density at radius 3 is 1.44 bits per heavy atom. The SMILES string of the molecule is O=C(NCCCCC1NC(=O)c2ccccc2NC1=O)c1cnc2c(SSc3cccc4cc(C(=O)NCCCCC5NC(=O)c6ccccc6NC5=O)cnc34)cccc2c1. The molecule has 0 aliphatic carbocycles. The summed E-state index contributed by atoms with van der Waals surface area (Å²) in [5, 5.41) is 18.8. The molecule has 0 bridgehead atoms. The average Bonchev–Trinajstić information content (AvgIpc) is 3.49. The zero-order chi connectivity index (χ0) is 43.0. The quantitative estimate of drug-likeness (QED) is 0.0467. The van der Waals surface area contributed by atoms with Crippen LogP contribution in [0.2, 0.25) is 0 Å². The second-order valence-corrected chi connectivity index (χ2v) is 17.1. The third-order valence-electron chi connectivity index (χ3n) is 10.6. The number of amides is 6. The molecular weight excluding hydrogens is 825 g/mol. The van der Waals surface area contributed by atoms with E-state index < -0.39 is 12.1 Å². The van der Waals surface area contributed by atoms with Crippen molar-refractivity contribution in [1.82, 2.24) is 31.2 Å². The minimum absolute atomic E-state index is 0.249. The van der Waals surface area contributed by atoms with Crippen molar-refractivity contribution in [3.8, 4) is 0 Å². The van der Waals surface area contributed by atoms with Crippen LogP contribution < -0.4 is 31.9 Å². The van der Waals surface area contributed by atoms with Gasteiger partial charge >= 0.3 is 0 Å². The summed E-state index contributed by atoms with van der Waals surface area (Å²) < 4.78 is 0. The van der Waals surface area contributed by atoms with Crippen LogP contribution in [-0.2, 0) is 9.59 Å². The van der Waals surface area contributed by atoms with Gasteiger partial charge in [-0.1, -0.05) is 70.1 Å². The van der Waals surface area contributed by atoms with E-state index in [0.29, 0.717) is 85.2 Å². The van der Waals surface area contributed by atoms with E-state index in [0.717, 1.165) is 31.6 Å². The van der Waals surface area contributed by atoms with Gasteiger partial charge in [-0.25, -0.2) is 0 Å². The van der Waals surface area contributed by atoms with Crippen molar-refractivity contribution in [3.63, 3.8) is 0 Å². The summed E-state index contributed by atoms with van der Waals surface area (Å²) in [6.45, 7) is 0.804. The highest BCUT2D eigenvalue weighted by Gasteiger charge is 2.28. The first kappa shape index (κ1) is 41.9. The Kier molecular flexibility index (Phi) is 13.0. The molecule has 6 aromatic rings. The molecule has 6 N–H and O–H groups in total. The van der Waals surface area contributed by atoms with Gasteiger partial charge in [-0.15, -0.1) is 0 Å². The summed E-state index contributed by atoms with van der Waals surface area (Å²) in [5.74, 6) is -1.60. The number of carbonyl (C=O) groups is 6. The molecule has 62 heavy (non-hydrogen) atoms. The second-order valence-electron chi connectivity index (χ2n) is 14.9. The van der Waals surface area contributed by atoms with E-state index in [1.165, 1.54) is 21.6 Å². The van der Waals surface area contributed by atoms with Gasteiger partial charge in [0.05, 0.1) is 44.7 Å². The molecule has 2 aliphatic heterocycles. The van der Waals surface area contributed by atoms with Crippen LogP contribution in [0, 0.1) is 0 Å². The highest BCUT2D eigenvalue weighted by atomic mass is 33.1. The molecule has 2 aliphatic rings. The van der Waals surface area contributed by atoms with Crippen molar-refractivity contribution < 1.29 is 28.8 Å². The average molecular weight is 867 g/mol. The minimum Gasteiger partial charge on any atom is -0.352 e. The van der Waals surface area contributed by atoms with Gasteiger partial charge < -0.3 is 31.9 Å². The lowest BCUT2D eigenvalue weighted by molar-refractivity contribution is -0.118. The van der Waals surface area contributed by atoms with Gasteiger partial charge in [0.25, 0.3) is 23.6 Å². The number of nitrogens with zero attached hydrogens (tertiary/aromatic N) is 2. The second kappa shape index (κ2) is 19.3. The largest absolute Gasteiger partial charge is 0.352 e. The molecule has 314 valence electrons. The van der Waals surface area contributed by atoms with Gasteiger partial charge in [0.2, 0.25) is 11.8 Å². The van der Waals surface area contributed by atoms with Crippen LogP contribution >= 0.6 is 21.6 Å². The summed E-state index contributed by atoms with van der Waals surface area (Å²) >= 11 is 0. The highest BCUT2D eigenvalue weighted by Crippen LogP contribution is 2.42. The van der Waals surface area contributed by atoms with E-state index in [2.05, 4.69) is 41.9 Å². The molecule has 8 rings (SSSR count). The molecule has 2 aromatic heterocycles. The van der Waals surface area contributed by atoms with Crippen LogP contribution in [0.25, 0.3) is 21.8 Å². The van der Waals surface area contributed by atoms with Crippen molar-refractivity contribution in [2.24, 2.45) is 0 Å². The molecule has 4 heterocycles. The van der Waals surface area contributed by atoms with E-state index in [-0.39, 0.29) is 35.4 Å². The number of aromatic nitrogens is 2. The zero-order valence-electron chi connectivity index (χ0n) is 33.4. The van der Waals surface area contributed by atoms with E-state index in [1.54, 1.807) is 60.9 Å². The van der Waals surface area contributed by atoms with Gasteiger partial charge in [0.1, 0.15) is 12.1 Å². The fourth-order valence-electron chi connectivity index (χ4n) is 7.32. The monoisotopic (exact) mass is 866 g/mol. The first-order valence-corrected chi connectivity index (χ1v) is 22.5. The summed E-state index contributed by atoms with van der Waals surface area (Å²) in [7, 11) is 3.05. The lowest BCUT2D eigenvalue weighted by Gasteiger charge is -2.14. The maximum Gasteiger partial charge on any atom is 0.254 e. The van der Waals surface area contributed by atoms with Gasteiger partial charge in [-0.2, -0.15) is 0 Å². The standard InChI is InChI=1S/C46H42N8O6S2/c55-41(47-21-7-5-17-35-45(59)51-33-15-3-1-13-31(33)43(57)53-35)29-23-27-11-9-19-37(39(27)49-25-29)61-62-38-20-10-12-28-24-30(26-50-40(28)38)42(56)48-22-8-6-18-36-46(60)52-34-16-4-2-14-32(34)44(58)54-36/h1-4,9-16,19-20,23-26,35-36H,5-8,17-18,21-22H2,(H,47,55)(H,48,56)(H,51,59)(H,52,60)(H,53,57)(H,54,58). The lowest BCUT2D eigenvalue weighted by Crippen LogP contribution is -2.41. The van der Waals surface area contributed by atoms with Crippen LogP contribution in [0.5, 0.6) is 0 Å². The van der Waals surface area contributed by atoms with Crippen LogP contribution in [0.4, 0.5) is 11.4 Å². The number of hydrogen-bond acceptors (Lipinski definition) is 10. The third-order valence-corrected chi connectivity index (χ3v) is 13.0. The molecular formula is C46H42N8O6S2. The van der Waals surface area contributed by atoms with Gasteiger partial charge in [0, 0.05) is 46.0 Å². The Hall–Kier alpha value is -6.78. The molecule has 2 atom stereocenters. The molecule has 16 heteroatoms. The van der Waals surface area contributed by atoms with Gasteiger partial charge in [-0.3, -0.25) is 38.7 Å². The molecule has 2 unspecified atom stereocenters. The molecule has 0 fully saturated rings. The molecule has 14 nitrogen and oxygen atoms in total. The Morgan fingerprint density at radius 2 is 0.984 bits per heavy atom. The summed E-state index contributed by atoms with van der Waals surface area (Å²) in [6, 6.07) is 27.7. The summed E-state index contributed by atoms with van der Waals surface area (Å²) in [5.41, 5.74) is 4.24. The number of hydrogen-bond donors (Lipinski definition) is 6. The molecule has 0 saturated heterocycles. The number of nitrogens with one attached hydrogen (secondary N) is 6. The van der Waals surface area contributed by atoms with Crippen molar-refractivity contribution in [3.05, 3.63) is 132 Å². The summed E-state index contributed by atoms with van der Waals surface area (Å²) in [6.07, 6.45) is 6.51. The predicted octanol–water partition coefficient (Wildman–Crippen LogP) is 6.88. The normalized spacial score (nSPS) is 15.9. The van der Waals surface area contributed by atoms with E-state index in [9.17, 15) is 28.8 Å². The Labute approximate surface area is 364 Å². The first-order chi connectivity index (χ1) is 30.2. The Bertz CT molecular complexity index is 2550. The van der Waals surface area contributed by atoms with E-state index in [1.807, 2.05) is 48.5 Å². The van der Waals surface area contributed by atoms with Gasteiger partial charge in [0.15, 0.2) is 0 Å². The smallest absolute Gasteiger partial charge is 0.254 e. The van der Waals surface area contributed by atoms with Gasteiger partial charge in [-0.05, 0) is 87.1 Å². The van der Waals surface area contributed by atoms with Crippen molar-refractivity contribution in [1.29, 1.82) is 0 Å².